The minimum atomic E-state index is -4.36. The van der Waals surface area contributed by atoms with Gasteiger partial charge in [-0.25, -0.2) is 0 Å². The lowest BCUT2D eigenvalue weighted by atomic mass is 9.90. The first-order chi connectivity index (χ1) is 12.1. The molecular formula is C21H22F3NO. The highest BCUT2D eigenvalue weighted by atomic mass is 19.4. The SMILES string of the molecule is CC(C)(C)C(=O)N/C=C/C(c1ccccc1)c1ccc(C(F)(F)F)cc1. The Hall–Kier alpha value is -2.56. The summed E-state index contributed by atoms with van der Waals surface area (Å²) in [5.74, 6) is -0.397. The average Bonchev–Trinajstić information content (AvgIpc) is 2.58. The van der Waals surface area contributed by atoms with Crippen molar-refractivity contribution in [1.82, 2.24) is 5.32 Å². The predicted octanol–water partition coefficient (Wildman–Crippen LogP) is 5.51. The molecule has 138 valence electrons. The smallest absolute Gasteiger partial charge is 0.333 e. The molecule has 0 saturated carbocycles. The summed E-state index contributed by atoms with van der Waals surface area (Å²) in [5.41, 5.74) is 0.429. The highest BCUT2D eigenvalue weighted by Crippen LogP contribution is 2.32. The molecule has 0 fully saturated rings. The average molecular weight is 361 g/mol. The Morgan fingerprint density at radius 1 is 0.923 bits per heavy atom. The molecule has 0 aliphatic carbocycles. The zero-order chi connectivity index (χ0) is 19.4. The van der Waals surface area contributed by atoms with Gasteiger partial charge in [0.1, 0.15) is 0 Å². The molecule has 2 rings (SSSR count). The second-order valence-electron chi connectivity index (χ2n) is 7.09. The molecule has 0 heterocycles. The molecule has 2 aromatic carbocycles. The topological polar surface area (TPSA) is 29.1 Å². The van der Waals surface area contributed by atoms with Crippen LogP contribution in [0.3, 0.4) is 0 Å². The Morgan fingerprint density at radius 3 is 1.96 bits per heavy atom. The first kappa shape index (κ1) is 19.8. The fraction of sp³-hybridized carbons (Fsp3) is 0.286. The van der Waals surface area contributed by atoms with E-state index in [0.29, 0.717) is 5.56 Å². The van der Waals surface area contributed by atoms with Gasteiger partial charge in [-0.1, -0.05) is 69.3 Å². The third-order valence-corrected chi connectivity index (χ3v) is 3.94. The molecule has 2 nitrogen and oxygen atoms in total. The number of benzene rings is 2. The number of hydrogen-bond donors (Lipinski definition) is 1. The number of nitrogens with one attached hydrogen (secondary N) is 1. The summed E-state index contributed by atoms with van der Waals surface area (Å²) in [4.78, 5) is 12.0. The van der Waals surface area contributed by atoms with Crippen molar-refractivity contribution in [3.63, 3.8) is 0 Å². The number of alkyl halides is 3. The summed E-state index contributed by atoms with van der Waals surface area (Å²) in [5, 5.41) is 2.73. The molecule has 26 heavy (non-hydrogen) atoms. The maximum atomic E-state index is 12.8. The third-order valence-electron chi connectivity index (χ3n) is 3.94. The number of allylic oxidation sites excluding steroid dienone is 1. The summed E-state index contributed by atoms with van der Waals surface area (Å²) in [6.07, 6.45) is -1.03. The lowest BCUT2D eigenvalue weighted by molar-refractivity contribution is -0.137. The van der Waals surface area contributed by atoms with Crippen LogP contribution in [0.25, 0.3) is 0 Å². The largest absolute Gasteiger partial charge is 0.416 e. The van der Waals surface area contributed by atoms with Crippen LogP contribution in [0.2, 0.25) is 0 Å². The molecule has 0 radical (unpaired) electrons. The van der Waals surface area contributed by atoms with Crippen LogP contribution in [0.15, 0.2) is 66.9 Å². The number of amides is 1. The fourth-order valence-corrected chi connectivity index (χ4v) is 2.39. The molecule has 1 amide bonds. The molecule has 1 N–H and O–H groups in total. The molecule has 0 spiro atoms. The van der Waals surface area contributed by atoms with E-state index in [1.165, 1.54) is 12.1 Å². The number of carbonyl (C=O) groups excluding carboxylic acids is 1. The third kappa shape index (κ3) is 5.22. The van der Waals surface area contributed by atoms with E-state index in [-0.39, 0.29) is 11.8 Å². The molecule has 2 aromatic rings. The van der Waals surface area contributed by atoms with E-state index in [9.17, 15) is 18.0 Å². The van der Waals surface area contributed by atoms with Crippen LogP contribution in [-0.4, -0.2) is 5.91 Å². The van der Waals surface area contributed by atoms with E-state index >= 15 is 0 Å². The van der Waals surface area contributed by atoms with Crippen molar-refractivity contribution < 1.29 is 18.0 Å². The van der Waals surface area contributed by atoms with Gasteiger partial charge in [-0.3, -0.25) is 4.79 Å². The normalized spacial score (nSPS) is 13.6. The van der Waals surface area contributed by atoms with E-state index < -0.39 is 17.2 Å². The number of hydrogen-bond acceptors (Lipinski definition) is 1. The van der Waals surface area contributed by atoms with Crippen molar-refractivity contribution in [2.45, 2.75) is 32.9 Å². The van der Waals surface area contributed by atoms with Crippen LogP contribution >= 0.6 is 0 Å². The van der Waals surface area contributed by atoms with Gasteiger partial charge >= 0.3 is 6.18 Å². The molecular weight excluding hydrogens is 339 g/mol. The van der Waals surface area contributed by atoms with Crippen LogP contribution in [0, 0.1) is 5.41 Å². The summed E-state index contributed by atoms with van der Waals surface area (Å²) in [6, 6.07) is 14.5. The number of carbonyl (C=O) groups is 1. The molecule has 0 aliphatic rings. The highest BCUT2D eigenvalue weighted by Gasteiger charge is 2.30. The van der Waals surface area contributed by atoms with Gasteiger partial charge in [-0.2, -0.15) is 13.2 Å². The first-order valence-electron chi connectivity index (χ1n) is 8.29. The van der Waals surface area contributed by atoms with E-state index in [0.717, 1.165) is 17.7 Å². The zero-order valence-electron chi connectivity index (χ0n) is 15.0. The van der Waals surface area contributed by atoms with E-state index in [1.54, 1.807) is 33.0 Å². The highest BCUT2D eigenvalue weighted by molar-refractivity contribution is 5.82. The standard InChI is InChI=1S/C21H22F3NO/c1-20(2,3)19(26)25-14-13-18(15-7-5-4-6-8-15)16-9-11-17(12-10-16)21(22,23)24/h4-14,18H,1-3H3,(H,25,26)/b14-13+. The Labute approximate surface area is 151 Å². The second-order valence-corrected chi connectivity index (χ2v) is 7.09. The summed E-state index contributed by atoms with van der Waals surface area (Å²) in [6.45, 7) is 5.42. The van der Waals surface area contributed by atoms with E-state index in [2.05, 4.69) is 5.32 Å². The minimum Gasteiger partial charge on any atom is -0.333 e. The lowest BCUT2D eigenvalue weighted by Gasteiger charge is -2.17. The fourth-order valence-electron chi connectivity index (χ4n) is 2.39. The Bertz CT molecular complexity index is 757. The minimum absolute atomic E-state index is 0.131. The van der Waals surface area contributed by atoms with Gasteiger partial charge in [0.25, 0.3) is 0 Å². The second kappa shape index (κ2) is 7.77. The number of rotatable bonds is 4. The van der Waals surface area contributed by atoms with Gasteiger partial charge in [0.05, 0.1) is 5.56 Å². The molecule has 5 heteroatoms. The molecule has 0 saturated heterocycles. The summed E-state index contributed by atoms with van der Waals surface area (Å²) >= 11 is 0. The van der Waals surface area contributed by atoms with Gasteiger partial charge < -0.3 is 5.32 Å². The van der Waals surface area contributed by atoms with Crippen LogP contribution in [-0.2, 0) is 11.0 Å². The van der Waals surface area contributed by atoms with Crippen LogP contribution in [0.5, 0.6) is 0 Å². The van der Waals surface area contributed by atoms with Gasteiger partial charge in [-0.05, 0) is 23.3 Å². The quantitative estimate of drug-likeness (QED) is 0.764. The molecule has 0 bridgehead atoms. The molecule has 1 unspecified atom stereocenters. The van der Waals surface area contributed by atoms with E-state index in [1.807, 2.05) is 30.3 Å². The maximum absolute atomic E-state index is 12.8. The molecule has 0 aromatic heterocycles. The van der Waals surface area contributed by atoms with Gasteiger partial charge in [0.15, 0.2) is 0 Å². The van der Waals surface area contributed by atoms with Gasteiger partial charge in [-0.15, -0.1) is 0 Å². The van der Waals surface area contributed by atoms with Crippen molar-refractivity contribution in [3.8, 4) is 0 Å². The predicted molar refractivity (Wildman–Crippen MR) is 96.5 cm³/mol. The zero-order valence-corrected chi connectivity index (χ0v) is 15.0. The summed E-state index contributed by atoms with van der Waals surface area (Å²) in [7, 11) is 0. The van der Waals surface area contributed by atoms with Gasteiger partial charge in [0.2, 0.25) is 5.91 Å². The van der Waals surface area contributed by atoms with Crippen molar-refractivity contribution in [2.75, 3.05) is 0 Å². The maximum Gasteiger partial charge on any atom is 0.416 e. The Balaban J connectivity index is 2.29. The van der Waals surface area contributed by atoms with Crippen LogP contribution < -0.4 is 5.32 Å². The van der Waals surface area contributed by atoms with Crippen LogP contribution in [0.4, 0.5) is 13.2 Å². The monoisotopic (exact) mass is 361 g/mol. The Morgan fingerprint density at radius 2 is 1.46 bits per heavy atom. The summed E-state index contributed by atoms with van der Waals surface area (Å²) < 4.78 is 38.4. The van der Waals surface area contributed by atoms with Crippen molar-refractivity contribution in [1.29, 1.82) is 0 Å². The first-order valence-corrected chi connectivity index (χ1v) is 8.29. The van der Waals surface area contributed by atoms with Gasteiger partial charge in [0, 0.05) is 17.5 Å². The van der Waals surface area contributed by atoms with Crippen molar-refractivity contribution >= 4 is 5.91 Å². The van der Waals surface area contributed by atoms with E-state index in [4.69, 9.17) is 0 Å². The molecule has 1 atom stereocenters. The Kier molecular flexibility index (Phi) is 5.90. The number of halogens is 3. The van der Waals surface area contributed by atoms with Crippen LogP contribution in [0.1, 0.15) is 43.4 Å². The lowest BCUT2D eigenvalue weighted by Crippen LogP contribution is -2.31. The van der Waals surface area contributed by atoms with Crippen molar-refractivity contribution in [2.24, 2.45) is 5.41 Å². The molecule has 0 aliphatic heterocycles. The van der Waals surface area contributed by atoms with Crippen molar-refractivity contribution in [3.05, 3.63) is 83.6 Å².